The Morgan fingerprint density at radius 2 is 2.00 bits per heavy atom. The van der Waals surface area contributed by atoms with E-state index < -0.39 is 6.04 Å². The van der Waals surface area contributed by atoms with E-state index in [4.69, 9.17) is 5.73 Å². The van der Waals surface area contributed by atoms with E-state index in [0.717, 1.165) is 5.56 Å². The molecule has 0 saturated carbocycles. The molecule has 0 unspecified atom stereocenters. The van der Waals surface area contributed by atoms with E-state index in [1.54, 1.807) is 18.2 Å². The number of nitrogens with one attached hydrogen (secondary N) is 2. The molecule has 2 amide bonds. The highest BCUT2D eigenvalue weighted by atomic mass is 16.2. The zero-order chi connectivity index (χ0) is 14.4. The summed E-state index contributed by atoms with van der Waals surface area (Å²) in [6.07, 6.45) is 0.570. The first-order chi connectivity index (χ1) is 8.99. The van der Waals surface area contributed by atoms with E-state index in [1.165, 1.54) is 0 Å². The van der Waals surface area contributed by atoms with E-state index in [2.05, 4.69) is 10.6 Å². The van der Waals surface area contributed by atoms with Crippen molar-refractivity contribution in [1.29, 1.82) is 0 Å². The molecular formula is C14H21N3O2. The van der Waals surface area contributed by atoms with Crippen LogP contribution in [0.1, 0.15) is 36.2 Å². The fourth-order valence-electron chi connectivity index (χ4n) is 1.57. The fraction of sp³-hybridized carbons (Fsp3) is 0.429. The van der Waals surface area contributed by atoms with Crippen LogP contribution in [0.15, 0.2) is 18.2 Å². The lowest BCUT2D eigenvalue weighted by Crippen LogP contribution is -2.35. The molecular weight excluding hydrogens is 242 g/mol. The van der Waals surface area contributed by atoms with E-state index >= 15 is 0 Å². The Bertz CT molecular complexity index is 472. The van der Waals surface area contributed by atoms with Crippen LogP contribution in [0.2, 0.25) is 0 Å². The molecule has 1 atom stereocenters. The van der Waals surface area contributed by atoms with Crippen molar-refractivity contribution in [2.75, 3.05) is 11.9 Å². The third-order valence-electron chi connectivity index (χ3n) is 2.87. The molecule has 0 aliphatic rings. The number of nitrogens with two attached hydrogens (primary N) is 1. The number of aryl methyl sites for hydroxylation is 1. The molecule has 5 nitrogen and oxygen atoms in total. The normalized spacial score (nSPS) is 11.8. The largest absolute Gasteiger partial charge is 0.352 e. The highest BCUT2D eigenvalue weighted by Crippen LogP contribution is 2.17. The van der Waals surface area contributed by atoms with E-state index in [1.807, 2.05) is 20.8 Å². The summed E-state index contributed by atoms with van der Waals surface area (Å²) in [6, 6.07) is 4.67. The molecule has 0 fully saturated rings. The van der Waals surface area contributed by atoms with Crippen molar-refractivity contribution < 1.29 is 9.59 Å². The van der Waals surface area contributed by atoms with Crippen LogP contribution in [0.4, 0.5) is 5.69 Å². The number of carbonyl (C=O) groups is 2. The number of carbonyl (C=O) groups excluding carboxylic acids is 2. The number of hydrogen-bond acceptors (Lipinski definition) is 3. The Balaban J connectivity index is 2.91. The molecule has 0 aliphatic heterocycles. The van der Waals surface area contributed by atoms with Crippen LogP contribution in [-0.2, 0) is 4.79 Å². The maximum absolute atomic E-state index is 11.8. The molecule has 19 heavy (non-hydrogen) atoms. The molecule has 0 aliphatic carbocycles. The molecule has 5 heteroatoms. The average molecular weight is 263 g/mol. The van der Waals surface area contributed by atoms with Crippen molar-refractivity contribution >= 4 is 17.5 Å². The summed E-state index contributed by atoms with van der Waals surface area (Å²) in [7, 11) is 0. The topological polar surface area (TPSA) is 84.2 Å². The summed E-state index contributed by atoms with van der Waals surface area (Å²) >= 11 is 0. The van der Waals surface area contributed by atoms with Crippen LogP contribution in [0.25, 0.3) is 0 Å². The van der Waals surface area contributed by atoms with Gasteiger partial charge in [0, 0.05) is 17.8 Å². The molecule has 0 aromatic heterocycles. The van der Waals surface area contributed by atoms with Crippen LogP contribution in [0.3, 0.4) is 0 Å². The van der Waals surface area contributed by atoms with Crippen LogP contribution >= 0.6 is 0 Å². The predicted molar refractivity (Wildman–Crippen MR) is 76.1 cm³/mol. The van der Waals surface area contributed by atoms with Crippen molar-refractivity contribution in [1.82, 2.24) is 5.32 Å². The van der Waals surface area contributed by atoms with Crippen molar-refractivity contribution in [3.8, 4) is 0 Å². The maximum atomic E-state index is 11.8. The lowest BCUT2D eigenvalue weighted by molar-refractivity contribution is -0.117. The molecule has 0 heterocycles. The second-order valence-corrected chi connectivity index (χ2v) is 4.39. The predicted octanol–water partition coefficient (Wildman–Crippen LogP) is 1.42. The number of hydrogen-bond donors (Lipinski definition) is 3. The van der Waals surface area contributed by atoms with Crippen molar-refractivity contribution in [2.45, 2.75) is 33.2 Å². The van der Waals surface area contributed by atoms with Crippen molar-refractivity contribution in [3.05, 3.63) is 29.3 Å². The highest BCUT2D eigenvalue weighted by Gasteiger charge is 2.13. The minimum absolute atomic E-state index is 0.155. The number of rotatable bonds is 5. The standard InChI is InChI=1S/C14H21N3O2/c1-4-11(15)14(19)17-12-8-10(7-6-9(12)3)13(18)16-5-2/h6-8,11H,4-5,15H2,1-3H3,(H,16,18)(H,17,19)/t11-/m1/s1. The second-order valence-electron chi connectivity index (χ2n) is 4.39. The van der Waals surface area contributed by atoms with Crippen LogP contribution in [0.5, 0.6) is 0 Å². The van der Waals surface area contributed by atoms with Crippen LogP contribution in [-0.4, -0.2) is 24.4 Å². The SMILES string of the molecule is CCNC(=O)c1ccc(C)c(NC(=O)[C@H](N)CC)c1. The Morgan fingerprint density at radius 1 is 1.32 bits per heavy atom. The van der Waals surface area contributed by atoms with Gasteiger partial charge in [-0.2, -0.15) is 0 Å². The van der Waals surface area contributed by atoms with E-state index in [9.17, 15) is 9.59 Å². The Labute approximate surface area is 113 Å². The average Bonchev–Trinajstić information content (AvgIpc) is 2.40. The zero-order valence-corrected chi connectivity index (χ0v) is 11.6. The summed E-state index contributed by atoms with van der Waals surface area (Å²) in [6.45, 7) is 6.14. The van der Waals surface area contributed by atoms with Gasteiger partial charge in [-0.1, -0.05) is 13.0 Å². The smallest absolute Gasteiger partial charge is 0.251 e. The minimum Gasteiger partial charge on any atom is -0.352 e. The van der Waals surface area contributed by atoms with E-state index in [-0.39, 0.29) is 11.8 Å². The molecule has 4 N–H and O–H groups in total. The second kappa shape index (κ2) is 6.89. The molecule has 1 aromatic rings. The van der Waals surface area contributed by atoms with E-state index in [0.29, 0.717) is 24.2 Å². The van der Waals surface area contributed by atoms with Gasteiger partial charge < -0.3 is 16.4 Å². The molecule has 0 radical (unpaired) electrons. The van der Waals surface area contributed by atoms with Gasteiger partial charge in [0.05, 0.1) is 6.04 Å². The van der Waals surface area contributed by atoms with Gasteiger partial charge in [-0.05, 0) is 38.0 Å². The number of benzene rings is 1. The third-order valence-corrected chi connectivity index (χ3v) is 2.87. The first kappa shape index (κ1) is 15.2. The highest BCUT2D eigenvalue weighted by molar-refractivity contribution is 5.99. The summed E-state index contributed by atoms with van der Waals surface area (Å²) in [5.74, 6) is -0.392. The van der Waals surface area contributed by atoms with Gasteiger partial charge in [0.2, 0.25) is 5.91 Å². The first-order valence-electron chi connectivity index (χ1n) is 6.44. The van der Waals surface area contributed by atoms with Crippen LogP contribution < -0.4 is 16.4 Å². The molecule has 0 spiro atoms. The number of amides is 2. The van der Waals surface area contributed by atoms with Gasteiger partial charge in [0.25, 0.3) is 5.91 Å². The van der Waals surface area contributed by atoms with Gasteiger partial charge in [-0.15, -0.1) is 0 Å². The fourth-order valence-corrected chi connectivity index (χ4v) is 1.57. The zero-order valence-electron chi connectivity index (χ0n) is 11.6. The Morgan fingerprint density at radius 3 is 2.58 bits per heavy atom. The van der Waals surface area contributed by atoms with Crippen LogP contribution in [0, 0.1) is 6.92 Å². The van der Waals surface area contributed by atoms with Gasteiger partial charge in [0.1, 0.15) is 0 Å². The van der Waals surface area contributed by atoms with Crippen molar-refractivity contribution in [2.24, 2.45) is 5.73 Å². The van der Waals surface area contributed by atoms with Gasteiger partial charge in [-0.25, -0.2) is 0 Å². The quantitative estimate of drug-likeness (QED) is 0.751. The summed E-state index contributed by atoms with van der Waals surface area (Å²) in [4.78, 5) is 23.5. The number of anilines is 1. The molecule has 0 bridgehead atoms. The summed E-state index contributed by atoms with van der Waals surface area (Å²) < 4.78 is 0. The molecule has 0 saturated heterocycles. The summed E-state index contributed by atoms with van der Waals surface area (Å²) in [5.41, 5.74) is 7.71. The maximum Gasteiger partial charge on any atom is 0.251 e. The van der Waals surface area contributed by atoms with Gasteiger partial charge in [-0.3, -0.25) is 9.59 Å². The minimum atomic E-state index is -0.535. The Kier molecular flexibility index (Phi) is 5.51. The monoisotopic (exact) mass is 263 g/mol. The summed E-state index contributed by atoms with van der Waals surface area (Å²) in [5, 5.41) is 5.47. The molecule has 104 valence electrons. The third kappa shape index (κ3) is 4.06. The van der Waals surface area contributed by atoms with Gasteiger partial charge in [0.15, 0.2) is 0 Å². The molecule has 1 aromatic carbocycles. The first-order valence-corrected chi connectivity index (χ1v) is 6.44. The lowest BCUT2D eigenvalue weighted by atomic mass is 10.1. The lowest BCUT2D eigenvalue weighted by Gasteiger charge is -2.13. The Hall–Kier alpha value is -1.88. The van der Waals surface area contributed by atoms with Crippen molar-refractivity contribution in [3.63, 3.8) is 0 Å². The molecule has 1 rings (SSSR count). The van der Waals surface area contributed by atoms with Gasteiger partial charge >= 0.3 is 0 Å².